The van der Waals surface area contributed by atoms with Gasteiger partial charge in [-0.3, -0.25) is 0 Å². The van der Waals surface area contributed by atoms with Crippen LogP contribution in [-0.2, 0) is 14.3 Å². The van der Waals surface area contributed by atoms with E-state index in [4.69, 9.17) is 9.47 Å². The van der Waals surface area contributed by atoms with Crippen molar-refractivity contribution in [1.29, 1.82) is 0 Å². The maximum Gasteiger partial charge on any atom is 0.363 e. The Kier molecular flexibility index (Phi) is 3.84. The molecule has 0 saturated carbocycles. The number of carbonyl (C=O) groups is 2. The number of aliphatic imine (C=N–C) groups is 1. The van der Waals surface area contributed by atoms with Crippen molar-refractivity contribution in [3.8, 4) is 0 Å². The first-order chi connectivity index (χ1) is 10.7. The minimum Gasteiger partial charge on any atom is -0.465 e. The van der Waals surface area contributed by atoms with Crippen LogP contribution >= 0.6 is 11.3 Å². The largest absolute Gasteiger partial charge is 0.465 e. The number of benzene rings is 1. The van der Waals surface area contributed by atoms with Crippen molar-refractivity contribution in [2.75, 3.05) is 7.11 Å². The van der Waals surface area contributed by atoms with Gasteiger partial charge in [-0.15, -0.1) is 11.3 Å². The molecule has 5 nitrogen and oxygen atoms in total. The third-order valence-corrected chi connectivity index (χ3v) is 3.87. The SMILES string of the molecule is COC(=O)c1ccccc1/C=C1\N=C(c2cccs2)OC1=O. The summed E-state index contributed by atoms with van der Waals surface area (Å²) in [6.45, 7) is 0. The molecule has 22 heavy (non-hydrogen) atoms. The van der Waals surface area contributed by atoms with E-state index in [1.807, 2.05) is 17.5 Å². The quantitative estimate of drug-likeness (QED) is 0.645. The molecule has 0 saturated heterocycles. The summed E-state index contributed by atoms with van der Waals surface area (Å²) in [6.07, 6.45) is 1.52. The van der Waals surface area contributed by atoms with Gasteiger partial charge >= 0.3 is 11.9 Å². The monoisotopic (exact) mass is 313 g/mol. The molecule has 0 bridgehead atoms. The lowest BCUT2D eigenvalue weighted by Crippen LogP contribution is -2.05. The molecular weight excluding hydrogens is 302 g/mol. The number of hydrogen-bond acceptors (Lipinski definition) is 6. The molecule has 0 atom stereocenters. The van der Waals surface area contributed by atoms with Gasteiger partial charge in [0.25, 0.3) is 0 Å². The molecule has 0 radical (unpaired) electrons. The minimum atomic E-state index is -0.539. The van der Waals surface area contributed by atoms with Gasteiger partial charge in [-0.2, -0.15) is 0 Å². The molecule has 0 unspecified atom stereocenters. The molecule has 2 heterocycles. The smallest absolute Gasteiger partial charge is 0.363 e. The van der Waals surface area contributed by atoms with Crippen molar-refractivity contribution in [3.05, 3.63) is 63.5 Å². The molecule has 0 amide bonds. The predicted molar refractivity (Wildman–Crippen MR) is 82.7 cm³/mol. The number of methoxy groups -OCH3 is 1. The Balaban J connectivity index is 1.99. The van der Waals surface area contributed by atoms with Gasteiger partial charge in [-0.05, 0) is 29.2 Å². The summed E-state index contributed by atoms with van der Waals surface area (Å²) in [5.74, 6) is -0.730. The molecule has 0 N–H and O–H groups in total. The highest BCUT2D eigenvalue weighted by Gasteiger charge is 2.25. The standard InChI is InChI=1S/C16H11NO4S/c1-20-15(18)11-6-3-2-5-10(11)9-12-16(19)21-14(17-12)13-7-4-8-22-13/h2-9H,1H3/b12-9-. The first-order valence-corrected chi connectivity index (χ1v) is 7.31. The highest BCUT2D eigenvalue weighted by molar-refractivity contribution is 7.12. The van der Waals surface area contributed by atoms with Crippen molar-refractivity contribution < 1.29 is 19.1 Å². The van der Waals surface area contributed by atoms with Crippen LogP contribution in [0.2, 0.25) is 0 Å². The summed E-state index contributed by atoms with van der Waals surface area (Å²) < 4.78 is 9.88. The number of hydrogen-bond donors (Lipinski definition) is 0. The first kappa shape index (κ1) is 14.2. The second kappa shape index (κ2) is 5.95. The van der Waals surface area contributed by atoms with E-state index < -0.39 is 11.9 Å². The van der Waals surface area contributed by atoms with Crippen LogP contribution in [0.15, 0.2) is 52.5 Å². The molecule has 6 heteroatoms. The lowest BCUT2D eigenvalue weighted by Gasteiger charge is -2.03. The molecule has 2 aromatic rings. The molecule has 0 spiro atoms. The Labute approximate surface area is 130 Å². The van der Waals surface area contributed by atoms with Crippen LogP contribution in [0.5, 0.6) is 0 Å². The van der Waals surface area contributed by atoms with Crippen molar-refractivity contribution in [2.24, 2.45) is 4.99 Å². The Morgan fingerprint density at radius 2 is 2.09 bits per heavy atom. The van der Waals surface area contributed by atoms with Crippen molar-refractivity contribution >= 4 is 35.2 Å². The maximum atomic E-state index is 11.9. The van der Waals surface area contributed by atoms with E-state index in [9.17, 15) is 9.59 Å². The maximum absolute atomic E-state index is 11.9. The molecule has 1 aliphatic rings. The Morgan fingerprint density at radius 3 is 2.82 bits per heavy atom. The zero-order valence-electron chi connectivity index (χ0n) is 11.6. The summed E-state index contributed by atoms with van der Waals surface area (Å²) in [6, 6.07) is 10.5. The van der Waals surface area contributed by atoms with Crippen LogP contribution in [0.4, 0.5) is 0 Å². The van der Waals surface area contributed by atoms with E-state index in [1.165, 1.54) is 24.5 Å². The van der Waals surface area contributed by atoms with Gasteiger partial charge in [-0.25, -0.2) is 14.6 Å². The summed E-state index contributed by atoms with van der Waals surface area (Å²) >= 11 is 1.43. The lowest BCUT2D eigenvalue weighted by atomic mass is 10.1. The number of cyclic esters (lactones) is 1. The summed E-state index contributed by atoms with van der Waals surface area (Å²) in [5, 5.41) is 1.87. The number of rotatable bonds is 3. The molecule has 0 aliphatic carbocycles. The fourth-order valence-corrected chi connectivity index (χ4v) is 2.63. The predicted octanol–water partition coefficient (Wildman–Crippen LogP) is 2.88. The Bertz CT molecular complexity index is 790. The number of thiophene rings is 1. The van der Waals surface area contributed by atoms with Gasteiger partial charge in [0, 0.05) is 0 Å². The normalized spacial score (nSPS) is 15.6. The van der Waals surface area contributed by atoms with E-state index in [-0.39, 0.29) is 11.6 Å². The van der Waals surface area contributed by atoms with Gasteiger partial charge in [0.15, 0.2) is 5.70 Å². The van der Waals surface area contributed by atoms with Crippen molar-refractivity contribution in [1.82, 2.24) is 0 Å². The summed E-state index contributed by atoms with van der Waals surface area (Å²) in [4.78, 5) is 28.6. The van der Waals surface area contributed by atoms with Gasteiger partial charge in [0.1, 0.15) is 0 Å². The third kappa shape index (κ3) is 2.68. The topological polar surface area (TPSA) is 65.0 Å². The van der Waals surface area contributed by atoms with Gasteiger partial charge in [0.05, 0.1) is 17.6 Å². The number of carbonyl (C=O) groups excluding carboxylic acids is 2. The van der Waals surface area contributed by atoms with Crippen LogP contribution in [0.1, 0.15) is 20.8 Å². The summed E-state index contributed by atoms with van der Waals surface area (Å²) in [5.41, 5.74) is 1.07. The molecule has 3 rings (SSSR count). The van der Waals surface area contributed by atoms with E-state index in [1.54, 1.807) is 24.3 Å². The third-order valence-electron chi connectivity index (χ3n) is 3.01. The molecule has 1 aromatic carbocycles. The summed E-state index contributed by atoms with van der Waals surface area (Å²) in [7, 11) is 1.31. The zero-order valence-corrected chi connectivity index (χ0v) is 12.4. The number of nitrogens with zero attached hydrogens (tertiary/aromatic N) is 1. The van der Waals surface area contributed by atoms with Crippen LogP contribution in [0, 0.1) is 0 Å². The average molecular weight is 313 g/mol. The molecule has 1 aromatic heterocycles. The van der Waals surface area contributed by atoms with Crippen LogP contribution in [0.25, 0.3) is 6.08 Å². The lowest BCUT2D eigenvalue weighted by molar-refractivity contribution is -0.129. The van der Waals surface area contributed by atoms with E-state index in [0.29, 0.717) is 11.1 Å². The van der Waals surface area contributed by atoms with E-state index in [2.05, 4.69) is 4.99 Å². The van der Waals surface area contributed by atoms with Gasteiger partial charge in [0.2, 0.25) is 5.90 Å². The fourth-order valence-electron chi connectivity index (χ4n) is 1.98. The highest BCUT2D eigenvalue weighted by atomic mass is 32.1. The van der Waals surface area contributed by atoms with Crippen molar-refractivity contribution in [2.45, 2.75) is 0 Å². The molecular formula is C16H11NO4S. The number of esters is 2. The van der Waals surface area contributed by atoms with E-state index in [0.717, 1.165) is 4.88 Å². The Morgan fingerprint density at radius 1 is 1.27 bits per heavy atom. The molecule has 0 fully saturated rings. The highest BCUT2D eigenvalue weighted by Crippen LogP contribution is 2.22. The fraction of sp³-hybridized carbons (Fsp3) is 0.0625. The molecule has 1 aliphatic heterocycles. The second-order valence-corrected chi connectivity index (χ2v) is 5.34. The average Bonchev–Trinajstić information content (AvgIpc) is 3.17. The molecule has 110 valence electrons. The van der Waals surface area contributed by atoms with Crippen LogP contribution in [0.3, 0.4) is 0 Å². The minimum absolute atomic E-state index is 0.153. The second-order valence-electron chi connectivity index (χ2n) is 4.39. The van der Waals surface area contributed by atoms with Crippen LogP contribution in [-0.4, -0.2) is 24.9 Å². The van der Waals surface area contributed by atoms with Crippen molar-refractivity contribution in [3.63, 3.8) is 0 Å². The Hall–Kier alpha value is -2.73. The van der Waals surface area contributed by atoms with Gasteiger partial charge in [-0.1, -0.05) is 24.3 Å². The number of ether oxygens (including phenoxy) is 2. The van der Waals surface area contributed by atoms with E-state index >= 15 is 0 Å². The van der Waals surface area contributed by atoms with Crippen LogP contribution < -0.4 is 0 Å². The van der Waals surface area contributed by atoms with Gasteiger partial charge < -0.3 is 9.47 Å². The zero-order chi connectivity index (χ0) is 15.5. The first-order valence-electron chi connectivity index (χ1n) is 6.43.